The quantitative estimate of drug-likeness (QED) is 0.891. The largest absolute Gasteiger partial charge is 0.497 e. The standard InChI is InChI=1S/C13H16N2O3/c1-15-11(6-7-14-15)13(16)10-5-4-9(17-2)8-12(10)18-3/h4-8,13,16H,1-3H3. The first-order chi connectivity index (χ1) is 8.67. The van der Waals surface area contributed by atoms with Crippen molar-refractivity contribution in [2.45, 2.75) is 6.10 Å². The van der Waals surface area contributed by atoms with Crippen LogP contribution in [-0.4, -0.2) is 29.1 Å². The van der Waals surface area contributed by atoms with Crippen molar-refractivity contribution < 1.29 is 14.6 Å². The first kappa shape index (κ1) is 12.4. The van der Waals surface area contributed by atoms with E-state index in [2.05, 4.69) is 5.10 Å². The fourth-order valence-electron chi connectivity index (χ4n) is 1.86. The Morgan fingerprint density at radius 1 is 1.22 bits per heavy atom. The van der Waals surface area contributed by atoms with E-state index < -0.39 is 6.10 Å². The summed E-state index contributed by atoms with van der Waals surface area (Å²) >= 11 is 0. The van der Waals surface area contributed by atoms with E-state index in [9.17, 15) is 5.11 Å². The molecule has 0 bridgehead atoms. The van der Waals surface area contributed by atoms with E-state index in [1.165, 1.54) is 0 Å². The van der Waals surface area contributed by atoms with Gasteiger partial charge in [0.25, 0.3) is 0 Å². The lowest BCUT2D eigenvalue weighted by Gasteiger charge is -2.16. The van der Waals surface area contributed by atoms with Crippen molar-refractivity contribution in [3.63, 3.8) is 0 Å². The SMILES string of the molecule is COc1ccc(C(O)c2ccnn2C)c(OC)c1. The first-order valence-corrected chi connectivity index (χ1v) is 5.55. The Morgan fingerprint density at radius 3 is 2.56 bits per heavy atom. The Morgan fingerprint density at radius 2 is 2.00 bits per heavy atom. The molecule has 0 aliphatic heterocycles. The molecular weight excluding hydrogens is 232 g/mol. The average Bonchev–Trinajstić information content (AvgIpc) is 2.83. The molecule has 1 atom stereocenters. The molecule has 2 rings (SSSR count). The van der Waals surface area contributed by atoms with Crippen LogP contribution in [0.15, 0.2) is 30.5 Å². The molecule has 1 aromatic carbocycles. The summed E-state index contributed by atoms with van der Waals surface area (Å²) in [5, 5.41) is 14.4. The number of hydrogen-bond acceptors (Lipinski definition) is 4. The predicted molar refractivity (Wildman–Crippen MR) is 66.8 cm³/mol. The van der Waals surface area contributed by atoms with Gasteiger partial charge in [0.05, 0.1) is 19.9 Å². The van der Waals surface area contributed by atoms with Crippen molar-refractivity contribution in [3.05, 3.63) is 41.7 Å². The summed E-state index contributed by atoms with van der Waals surface area (Å²) in [5.74, 6) is 1.27. The topological polar surface area (TPSA) is 56.5 Å². The highest BCUT2D eigenvalue weighted by atomic mass is 16.5. The van der Waals surface area contributed by atoms with Gasteiger partial charge < -0.3 is 14.6 Å². The van der Waals surface area contributed by atoms with Gasteiger partial charge in [-0.3, -0.25) is 4.68 Å². The van der Waals surface area contributed by atoms with Crippen molar-refractivity contribution in [3.8, 4) is 11.5 Å². The Labute approximate surface area is 106 Å². The summed E-state index contributed by atoms with van der Waals surface area (Å²) in [6, 6.07) is 7.09. The second kappa shape index (κ2) is 5.10. The molecule has 5 nitrogen and oxygen atoms in total. The second-order valence-corrected chi connectivity index (χ2v) is 3.89. The van der Waals surface area contributed by atoms with Crippen LogP contribution in [-0.2, 0) is 7.05 Å². The highest BCUT2D eigenvalue weighted by molar-refractivity contribution is 5.44. The van der Waals surface area contributed by atoms with Gasteiger partial charge in [-0.15, -0.1) is 0 Å². The van der Waals surface area contributed by atoms with E-state index in [-0.39, 0.29) is 0 Å². The number of aromatic nitrogens is 2. The minimum absolute atomic E-state index is 0.586. The Bertz CT molecular complexity index is 537. The Kier molecular flexibility index (Phi) is 3.53. The van der Waals surface area contributed by atoms with Crippen molar-refractivity contribution in [2.75, 3.05) is 14.2 Å². The van der Waals surface area contributed by atoms with Gasteiger partial charge in [-0.1, -0.05) is 0 Å². The number of aliphatic hydroxyl groups excluding tert-OH is 1. The maximum Gasteiger partial charge on any atom is 0.128 e. The van der Waals surface area contributed by atoms with E-state index in [1.54, 1.807) is 56.4 Å². The van der Waals surface area contributed by atoms with Gasteiger partial charge in [-0.25, -0.2) is 0 Å². The fourth-order valence-corrected chi connectivity index (χ4v) is 1.86. The summed E-state index contributed by atoms with van der Waals surface area (Å²) < 4.78 is 12.0. The molecule has 1 heterocycles. The minimum Gasteiger partial charge on any atom is -0.497 e. The van der Waals surface area contributed by atoms with Crippen LogP contribution in [0.1, 0.15) is 17.4 Å². The van der Waals surface area contributed by atoms with Gasteiger partial charge in [-0.2, -0.15) is 5.10 Å². The smallest absolute Gasteiger partial charge is 0.128 e. The molecule has 96 valence electrons. The maximum absolute atomic E-state index is 10.4. The van der Waals surface area contributed by atoms with Crippen LogP contribution in [0.3, 0.4) is 0 Å². The fraction of sp³-hybridized carbons (Fsp3) is 0.308. The van der Waals surface area contributed by atoms with E-state index in [4.69, 9.17) is 9.47 Å². The maximum atomic E-state index is 10.4. The molecule has 0 saturated heterocycles. The minimum atomic E-state index is -0.779. The number of aliphatic hydroxyl groups is 1. The lowest BCUT2D eigenvalue weighted by atomic mass is 10.1. The molecule has 0 spiro atoms. The molecular formula is C13H16N2O3. The molecule has 18 heavy (non-hydrogen) atoms. The molecule has 0 fully saturated rings. The molecule has 0 aliphatic rings. The molecule has 0 radical (unpaired) electrons. The normalized spacial score (nSPS) is 12.2. The van der Waals surface area contributed by atoms with Crippen LogP contribution in [0.5, 0.6) is 11.5 Å². The van der Waals surface area contributed by atoms with Crippen LogP contribution < -0.4 is 9.47 Å². The molecule has 0 amide bonds. The average molecular weight is 248 g/mol. The van der Waals surface area contributed by atoms with Gasteiger partial charge in [0, 0.05) is 24.9 Å². The lowest BCUT2D eigenvalue weighted by molar-refractivity contribution is 0.204. The second-order valence-electron chi connectivity index (χ2n) is 3.89. The molecule has 1 N–H and O–H groups in total. The number of hydrogen-bond donors (Lipinski definition) is 1. The zero-order valence-electron chi connectivity index (χ0n) is 10.6. The number of nitrogens with zero attached hydrogens (tertiary/aromatic N) is 2. The van der Waals surface area contributed by atoms with E-state index >= 15 is 0 Å². The van der Waals surface area contributed by atoms with Gasteiger partial charge in [-0.05, 0) is 18.2 Å². The third kappa shape index (κ3) is 2.17. The third-order valence-electron chi connectivity index (χ3n) is 2.87. The molecule has 1 aromatic heterocycles. The van der Waals surface area contributed by atoms with Crippen LogP contribution in [0.2, 0.25) is 0 Å². The Hall–Kier alpha value is -2.01. The van der Waals surface area contributed by atoms with E-state index in [1.807, 2.05) is 0 Å². The van der Waals surface area contributed by atoms with Crippen molar-refractivity contribution >= 4 is 0 Å². The first-order valence-electron chi connectivity index (χ1n) is 5.55. The van der Waals surface area contributed by atoms with Crippen LogP contribution in [0.4, 0.5) is 0 Å². The number of benzene rings is 1. The summed E-state index contributed by atoms with van der Waals surface area (Å²) in [7, 11) is 4.94. The number of rotatable bonds is 4. The van der Waals surface area contributed by atoms with E-state index in [0.29, 0.717) is 22.8 Å². The lowest BCUT2D eigenvalue weighted by Crippen LogP contribution is -2.08. The van der Waals surface area contributed by atoms with Gasteiger partial charge in [0.1, 0.15) is 17.6 Å². The summed E-state index contributed by atoms with van der Waals surface area (Å²) in [5.41, 5.74) is 1.39. The zero-order valence-corrected chi connectivity index (χ0v) is 10.6. The summed E-state index contributed by atoms with van der Waals surface area (Å²) in [6.45, 7) is 0. The summed E-state index contributed by atoms with van der Waals surface area (Å²) in [4.78, 5) is 0. The van der Waals surface area contributed by atoms with Crippen LogP contribution >= 0.6 is 0 Å². The number of ether oxygens (including phenoxy) is 2. The Balaban J connectivity index is 2.41. The van der Waals surface area contributed by atoms with Crippen molar-refractivity contribution in [1.82, 2.24) is 9.78 Å². The highest BCUT2D eigenvalue weighted by Gasteiger charge is 2.18. The highest BCUT2D eigenvalue weighted by Crippen LogP contribution is 2.32. The van der Waals surface area contributed by atoms with E-state index in [0.717, 1.165) is 0 Å². The monoisotopic (exact) mass is 248 g/mol. The molecule has 1 unspecified atom stereocenters. The van der Waals surface area contributed by atoms with Crippen LogP contribution in [0, 0.1) is 0 Å². The molecule has 5 heteroatoms. The molecule has 0 aliphatic carbocycles. The third-order valence-corrected chi connectivity index (χ3v) is 2.87. The zero-order chi connectivity index (χ0) is 13.1. The van der Waals surface area contributed by atoms with Gasteiger partial charge in [0.15, 0.2) is 0 Å². The van der Waals surface area contributed by atoms with Gasteiger partial charge >= 0.3 is 0 Å². The van der Waals surface area contributed by atoms with Crippen LogP contribution in [0.25, 0.3) is 0 Å². The number of methoxy groups -OCH3 is 2. The molecule has 2 aromatic rings. The van der Waals surface area contributed by atoms with Crippen molar-refractivity contribution in [2.24, 2.45) is 7.05 Å². The molecule has 0 saturated carbocycles. The summed E-state index contributed by atoms with van der Waals surface area (Å²) in [6.07, 6.45) is 0.868. The predicted octanol–water partition coefficient (Wildman–Crippen LogP) is 1.52. The number of aryl methyl sites for hydroxylation is 1. The van der Waals surface area contributed by atoms with Crippen molar-refractivity contribution in [1.29, 1.82) is 0 Å². The van der Waals surface area contributed by atoms with Gasteiger partial charge in [0.2, 0.25) is 0 Å².